The number of hydrogen-bond donors (Lipinski definition) is 2. The highest BCUT2D eigenvalue weighted by Crippen LogP contribution is 2.21. The van der Waals surface area contributed by atoms with Gasteiger partial charge < -0.3 is 10.8 Å². The van der Waals surface area contributed by atoms with E-state index in [1.807, 2.05) is 11.4 Å². The van der Waals surface area contributed by atoms with E-state index in [9.17, 15) is 5.11 Å². The van der Waals surface area contributed by atoms with Crippen LogP contribution in [0.4, 0.5) is 0 Å². The highest BCUT2D eigenvalue weighted by atomic mass is 32.1. The molecule has 2 atom stereocenters. The van der Waals surface area contributed by atoms with Gasteiger partial charge in [-0.3, -0.25) is 0 Å². The Bertz CT molecular complexity index is 314. The molecule has 0 bridgehead atoms. The van der Waals surface area contributed by atoms with Gasteiger partial charge in [0, 0.05) is 4.88 Å². The maximum Gasteiger partial charge on any atom is 0.0705 e. The first-order valence-corrected chi connectivity index (χ1v) is 4.91. The highest BCUT2D eigenvalue weighted by molar-refractivity contribution is 7.10. The minimum Gasteiger partial charge on any atom is -0.391 e. The van der Waals surface area contributed by atoms with E-state index in [-0.39, 0.29) is 6.04 Å². The van der Waals surface area contributed by atoms with Crippen LogP contribution in [0.15, 0.2) is 11.4 Å². The van der Waals surface area contributed by atoms with Crippen molar-refractivity contribution in [1.29, 1.82) is 5.26 Å². The van der Waals surface area contributed by atoms with Gasteiger partial charge in [-0.1, -0.05) is 0 Å². The van der Waals surface area contributed by atoms with Gasteiger partial charge in [0.15, 0.2) is 0 Å². The molecule has 70 valence electrons. The van der Waals surface area contributed by atoms with E-state index in [1.165, 1.54) is 11.3 Å². The molecule has 0 spiro atoms. The van der Waals surface area contributed by atoms with Crippen molar-refractivity contribution >= 4 is 11.3 Å². The normalized spacial score (nSPS) is 14.9. The van der Waals surface area contributed by atoms with Crippen molar-refractivity contribution in [1.82, 2.24) is 0 Å². The second-order valence-corrected chi connectivity index (χ2v) is 3.94. The fourth-order valence-electron chi connectivity index (χ4n) is 1.02. The molecular weight excluding hydrogens is 184 g/mol. The molecule has 13 heavy (non-hydrogen) atoms. The zero-order valence-corrected chi connectivity index (χ0v) is 8.21. The predicted molar refractivity (Wildman–Crippen MR) is 52.2 cm³/mol. The molecule has 4 heteroatoms. The molecule has 0 radical (unpaired) electrons. The van der Waals surface area contributed by atoms with E-state index in [1.54, 1.807) is 6.92 Å². The molecule has 0 saturated carbocycles. The Labute approximate surface area is 81.4 Å². The summed E-state index contributed by atoms with van der Waals surface area (Å²) in [6, 6.07) is 3.61. The Balaban J connectivity index is 2.74. The topological polar surface area (TPSA) is 70.0 Å². The summed E-state index contributed by atoms with van der Waals surface area (Å²) in [4.78, 5) is 0.994. The highest BCUT2D eigenvalue weighted by Gasteiger charge is 2.13. The van der Waals surface area contributed by atoms with Crippen molar-refractivity contribution in [2.45, 2.75) is 25.5 Å². The van der Waals surface area contributed by atoms with E-state index in [2.05, 4.69) is 6.07 Å². The Morgan fingerprint density at radius 3 is 3.00 bits per heavy atom. The standard InChI is InChI=1S/C9H12N2OS/c1-6(12)9(11)7-4-8(2-3-10)13-5-7/h4-6,9,12H,2,11H2,1H3/t6-,9+/m0/s1. The molecule has 0 unspecified atom stereocenters. The van der Waals surface area contributed by atoms with Gasteiger partial charge in [-0.15, -0.1) is 11.3 Å². The molecule has 0 aromatic carbocycles. The molecule has 0 saturated heterocycles. The Hall–Kier alpha value is -0.890. The van der Waals surface area contributed by atoms with Gasteiger partial charge in [-0.25, -0.2) is 0 Å². The quantitative estimate of drug-likeness (QED) is 0.763. The molecule has 1 rings (SSSR count). The van der Waals surface area contributed by atoms with E-state index in [0.29, 0.717) is 6.42 Å². The third-order valence-corrected chi connectivity index (χ3v) is 2.79. The summed E-state index contributed by atoms with van der Waals surface area (Å²) in [6.45, 7) is 1.66. The summed E-state index contributed by atoms with van der Waals surface area (Å²) < 4.78 is 0. The lowest BCUT2D eigenvalue weighted by molar-refractivity contribution is 0.164. The van der Waals surface area contributed by atoms with Crippen LogP contribution in [0, 0.1) is 11.3 Å². The lowest BCUT2D eigenvalue weighted by atomic mass is 10.1. The van der Waals surface area contributed by atoms with Gasteiger partial charge in [0.1, 0.15) is 0 Å². The van der Waals surface area contributed by atoms with Crippen LogP contribution >= 0.6 is 11.3 Å². The van der Waals surface area contributed by atoms with Gasteiger partial charge in [0.2, 0.25) is 0 Å². The largest absolute Gasteiger partial charge is 0.391 e. The van der Waals surface area contributed by atoms with Crippen LogP contribution in [0.3, 0.4) is 0 Å². The van der Waals surface area contributed by atoms with Gasteiger partial charge in [-0.2, -0.15) is 5.26 Å². The van der Waals surface area contributed by atoms with Crippen molar-refractivity contribution in [3.63, 3.8) is 0 Å². The molecule has 3 N–H and O–H groups in total. The van der Waals surface area contributed by atoms with E-state index < -0.39 is 6.10 Å². The number of aliphatic hydroxyl groups is 1. The van der Waals surface area contributed by atoms with Crippen LogP contribution in [-0.4, -0.2) is 11.2 Å². The Morgan fingerprint density at radius 1 is 1.77 bits per heavy atom. The molecule has 1 aromatic heterocycles. The third kappa shape index (κ3) is 2.52. The molecule has 0 aliphatic heterocycles. The fourth-order valence-corrected chi connectivity index (χ4v) is 1.89. The first-order chi connectivity index (χ1) is 6.15. The van der Waals surface area contributed by atoms with Crippen molar-refractivity contribution in [2.75, 3.05) is 0 Å². The number of nitrogens with zero attached hydrogens (tertiary/aromatic N) is 1. The zero-order valence-electron chi connectivity index (χ0n) is 7.40. The molecular formula is C9H12N2OS. The maximum atomic E-state index is 9.23. The lowest BCUT2D eigenvalue weighted by Gasteiger charge is -2.12. The Morgan fingerprint density at radius 2 is 2.46 bits per heavy atom. The minimum atomic E-state index is -0.551. The van der Waals surface area contributed by atoms with E-state index >= 15 is 0 Å². The van der Waals surface area contributed by atoms with Crippen molar-refractivity contribution in [3.8, 4) is 6.07 Å². The Kier molecular flexibility index (Phi) is 3.43. The SMILES string of the molecule is C[C@H](O)[C@@H](N)c1csc(CC#N)c1. The molecule has 3 nitrogen and oxygen atoms in total. The van der Waals surface area contributed by atoms with Crippen LogP contribution in [0.2, 0.25) is 0 Å². The maximum absolute atomic E-state index is 9.23. The molecule has 0 amide bonds. The summed E-state index contributed by atoms with van der Waals surface area (Å²) >= 11 is 1.51. The van der Waals surface area contributed by atoms with Crippen LogP contribution < -0.4 is 5.73 Å². The number of thiophene rings is 1. The summed E-state index contributed by atoms with van der Waals surface area (Å²) in [5.74, 6) is 0. The smallest absolute Gasteiger partial charge is 0.0705 e. The zero-order chi connectivity index (χ0) is 9.84. The predicted octanol–water partition coefficient (Wildman–Crippen LogP) is 1.19. The number of rotatable bonds is 3. The van der Waals surface area contributed by atoms with Gasteiger partial charge in [0.25, 0.3) is 0 Å². The summed E-state index contributed by atoms with van der Waals surface area (Å²) in [5, 5.41) is 19.6. The number of nitriles is 1. The fraction of sp³-hybridized carbons (Fsp3) is 0.444. The van der Waals surface area contributed by atoms with E-state index in [0.717, 1.165) is 10.4 Å². The number of aliphatic hydroxyl groups excluding tert-OH is 1. The van der Waals surface area contributed by atoms with Gasteiger partial charge in [0.05, 0.1) is 24.6 Å². The monoisotopic (exact) mass is 196 g/mol. The molecule has 0 aliphatic carbocycles. The summed E-state index contributed by atoms with van der Waals surface area (Å²) in [5.41, 5.74) is 6.63. The van der Waals surface area contributed by atoms with Crippen molar-refractivity contribution < 1.29 is 5.11 Å². The van der Waals surface area contributed by atoms with Crippen LogP contribution in [0.1, 0.15) is 23.4 Å². The lowest BCUT2D eigenvalue weighted by Crippen LogP contribution is -2.22. The minimum absolute atomic E-state index is 0.344. The van der Waals surface area contributed by atoms with Crippen LogP contribution in [0.5, 0.6) is 0 Å². The van der Waals surface area contributed by atoms with Crippen molar-refractivity contribution in [3.05, 3.63) is 21.9 Å². The van der Waals surface area contributed by atoms with Crippen LogP contribution in [0.25, 0.3) is 0 Å². The summed E-state index contributed by atoms with van der Waals surface area (Å²) in [6.07, 6.45) is -0.137. The average molecular weight is 196 g/mol. The number of hydrogen-bond acceptors (Lipinski definition) is 4. The molecule has 1 aromatic rings. The second-order valence-electron chi connectivity index (χ2n) is 2.95. The van der Waals surface area contributed by atoms with E-state index in [4.69, 9.17) is 11.0 Å². The van der Waals surface area contributed by atoms with Crippen molar-refractivity contribution in [2.24, 2.45) is 5.73 Å². The average Bonchev–Trinajstić information content (AvgIpc) is 2.52. The second kappa shape index (κ2) is 4.38. The first kappa shape index (κ1) is 10.2. The van der Waals surface area contributed by atoms with Gasteiger partial charge in [-0.05, 0) is 23.9 Å². The molecule has 1 heterocycles. The summed E-state index contributed by atoms with van der Waals surface area (Å²) in [7, 11) is 0. The van der Waals surface area contributed by atoms with Crippen LogP contribution in [-0.2, 0) is 6.42 Å². The third-order valence-electron chi connectivity index (χ3n) is 1.83. The molecule has 0 aliphatic rings. The first-order valence-electron chi connectivity index (χ1n) is 4.03. The molecule has 0 fully saturated rings. The van der Waals surface area contributed by atoms with Gasteiger partial charge >= 0.3 is 0 Å². The number of nitrogens with two attached hydrogens (primary N) is 1.